The summed E-state index contributed by atoms with van der Waals surface area (Å²) in [6, 6.07) is 16.4. The average Bonchev–Trinajstić information content (AvgIpc) is 2.60. The van der Waals surface area contributed by atoms with E-state index in [2.05, 4.69) is 35.4 Å². The van der Waals surface area contributed by atoms with Gasteiger partial charge in [-0.15, -0.1) is 0 Å². The SMILES string of the molecule is Cc1cc(C)cc(-n2ccnc(NC[C@H](C)c3ccccc3)c2=O)c1. The van der Waals surface area contributed by atoms with Gasteiger partial charge in [0.2, 0.25) is 0 Å². The number of hydrogen-bond acceptors (Lipinski definition) is 3. The molecule has 0 aliphatic carbocycles. The normalized spacial score (nSPS) is 12.0. The summed E-state index contributed by atoms with van der Waals surface area (Å²) in [6.07, 6.45) is 3.37. The number of nitrogens with one attached hydrogen (secondary N) is 1. The highest BCUT2D eigenvalue weighted by atomic mass is 16.1. The summed E-state index contributed by atoms with van der Waals surface area (Å²) in [7, 11) is 0. The molecule has 1 heterocycles. The van der Waals surface area contributed by atoms with Crippen molar-refractivity contribution in [1.29, 1.82) is 0 Å². The largest absolute Gasteiger partial charge is 0.365 e. The van der Waals surface area contributed by atoms with Gasteiger partial charge in [0.15, 0.2) is 5.82 Å². The molecule has 4 nitrogen and oxygen atoms in total. The molecule has 0 aliphatic heterocycles. The zero-order chi connectivity index (χ0) is 17.8. The van der Waals surface area contributed by atoms with Crippen molar-refractivity contribution >= 4 is 5.82 Å². The molecule has 1 atom stereocenters. The van der Waals surface area contributed by atoms with Gasteiger partial charge in [0.1, 0.15) is 0 Å². The van der Waals surface area contributed by atoms with Crippen LogP contribution >= 0.6 is 0 Å². The molecular formula is C21H23N3O. The van der Waals surface area contributed by atoms with E-state index in [4.69, 9.17) is 0 Å². The molecule has 128 valence electrons. The van der Waals surface area contributed by atoms with Gasteiger partial charge in [-0.25, -0.2) is 4.98 Å². The molecule has 0 unspecified atom stereocenters. The summed E-state index contributed by atoms with van der Waals surface area (Å²) in [5.74, 6) is 0.668. The molecule has 4 heteroatoms. The minimum Gasteiger partial charge on any atom is -0.365 e. The number of aryl methyl sites for hydroxylation is 2. The van der Waals surface area contributed by atoms with Gasteiger partial charge < -0.3 is 5.32 Å². The highest BCUT2D eigenvalue weighted by molar-refractivity contribution is 5.42. The van der Waals surface area contributed by atoms with Crippen molar-refractivity contribution in [2.24, 2.45) is 0 Å². The fourth-order valence-corrected chi connectivity index (χ4v) is 2.98. The summed E-state index contributed by atoms with van der Waals surface area (Å²) in [5, 5.41) is 3.21. The van der Waals surface area contributed by atoms with Gasteiger partial charge in [-0.3, -0.25) is 9.36 Å². The van der Waals surface area contributed by atoms with Crippen molar-refractivity contribution in [2.45, 2.75) is 26.7 Å². The second-order valence-corrected chi connectivity index (χ2v) is 6.49. The minimum absolute atomic E-state index is 0.132. The molecule has 0 saturated carbocycles. The van der Waals surface area contributed by atoms with Crippen LogP contribution in [0.4, 0.5) is 5.82 Å². The summed E-state index contributed by atoms with van der Waals surface area (Å²) >= 11 is 0. The van der Waals surface area contributed by atoms with Crippen LogP contribution in [0.5, 0.6) is 0 Å². The average molecular weight is 333 g/mol. The molecule has 0 saturated heterocycles. The lowest BCUT2D eigenvalue weighted by molar-refractivity contribution is 0.796. The smallest absolute Gasteiger partial charge is 0.297 e. The van der Waals surface area contributed by atoms with Crippen LogP contribution in [0.2, 0.25) is 0 Å². The zero-order valence-electron chi connectivity index (χ0n) is 14.9. The molecule has 3 rings (SSSR count). The Labute approximate surface area is 148 Å². The van der Waals surface area contributed by atoms with Crippen LogP contribution in [0.3, 0.4) is 0 Å². The van der Waals surface area contributed by atoms with Gasteiger partial charge in [0.25, 0.3) is 5.56 Å². The van der Waals surface area contributed by atoms with E-state index in [1.54, 1.807) is 17.0 Å². The Kier molecular flexibility index (Phi) is 4.98. The van der Waals surface area contributed by atoms with Crippen LogP contribution in [-0.4, -0.2) is 16.1 Å². The Hall–Kier alpha value is -2.88. The highest BCUT2D eigenvalue weighted by Gasteiger charge is 2.10. The molecule has 0 fully saturated rings. The zero-order valence-corrected chi connectivity index (χ0v) is 14.9. The maximum absolute atomic E-state index is 12.8. The van der Waals surface area contributed by atoms with Gasteiger partial charge in [0, 0.05) is 24.6 Å². The van der Waals surface area contributed by atoms with E-state index >= 15 is 0 Å². The van der Waals surface area contributed by atoms with E-state index in [0.29, 0.717) is 12.4 Å². The Morgan fingerprint density at radius 3 is 2.44 bits per heavy atom. The first kappa shape index (κ1) is 17.0. The van der Waals surface area contributed by atoms with Crippen LogP contribution in [-0.2, 0) is 0 Å². The second kappa shape index (κ2) is 7.34. The molecule has 0 spiro atoms. The van der Waals surface area contributed by atoms with Crippen molar-refractivity contribution in [1.82, 2.24) is 9.55 Å². The number of rotatable bonds is 5. The molecule has 1 N–H and O–H groups in total. The summed E-state index contributed by atoms with van der Waals surface area (Å²) in [4.78, 5) is 17.0. The first-order valence-electron chi connectivity index (χ1n) is 8.50. The van der Waals surface area contributed by atoms with Gasteiger partial charge >= 0.3 is 0 Å². The Morgan fingerprint density at radius 1 is 1.08 bits per heavy atom. The Morgan fingerprint density at radius 2 is 1.76 bits per heavy atom. The summed E-state index contributed by atoms with van der Waals surface area (Å²) in [5.41, 5.74) is 4.23. The fraction of sp³-hybridized carbons (Fsp3) is 0.238. The van der Waals surface area contributed by atoms with E-state index in [-0.39, 0.29) is 11.5 Å². The predicted molar refractivity (Wildman–Crippen MR) is 103 cm³/mol. The third-order valence-corrected chi connectivity index (χ3v) is 4.27. The predicted octanol–water partition coefficient (Wildman–Crippen LogP) is 4.06. The fourth-order valence-electron chi connectivity index (χ4n) is 2.98. The van der Waals surface area contributed by atoms with Crippen molar-refractivity contribution < 1.29 is 0 Å². The molecular weight excluding hydrogens is 310 g/mol. The molecule has 3 aromatic rings. The van der Waals surface area contributed by atoms with E-state index in [1.807, 2.05) is 44.2 Å². The lowest BCUT2D eigenvalue weighted by Gasteiger charge is -2.14. The van der Waals surface area contributed by atoms with E-state index in [1.165, 1.54) is 5.56 Å². The van der Waals surface area contributed by atoms with Crippen LogP contribution in [0.25, 0.3) is 5.69 Å². The number of nitrogens with zero attached hydrogens (tertiary/aromatic N) is 2. The van der Waals surface area contributed by atoms with Crippen LogP contribution in [0.1, 0.15) is 29.5 Å². The van der Waals surface area contributed by atoms with Crippen molar-refractivity contribution in [3.63, 3.8) is 0 Å². The third-order valence-electron chi connectivity index (χ3n) is 4.27. The molecule has 0 radical (unpaired) electrons. The molecule has 0 aliphatic rings. The lowest BCUT2D eigenvalue weighted by atomic mass is 10.0. The molecule has 1 aromatic heterocycles. The van der Waals surface area contributed by atoms with Gasteiger partial charge in [-0.1, -0.05) is 43.3 Å². The molecule has 0 bridgehead atoms. The van der Waals surface area contributed by atoms with E-state index < -0.39 is 0 Å². The second-order valence-electron chi connectivity index (χ2n) is 6.49. The molecule has 2 aromatic carbocycles. The first-order chi connectivity index (χ1) is 12.0. The Balaban J connectivity index is 1.83. The molecule has 0 amide bonds. The molecule has 25 heavy (non-hydrogen) atoms. The Bertz CT molecular complexity index is 896. The standard InChI is InChI=1S/C21H23N3O/c1-15-11-16(2)13-19(12-15)24-10-9-22-20(21(24)25)23-14-17(3)18-7-5-4-6-8-18/h4-13,17H,14H2,1-3H3,(H,22,23)/t17-/m0/s1. The first-order valence-corrected chi connectivity index (χ1v) is 8.50. The lowest BCUT2D eigenvalue weighted by Crippen LogP contribution is -2.24. The van der Waals surface area contributed by atoms with Crippen LogP contribution in [0.15, 0.2) is 65.7 Å². The van der Waals surface area contributed by atoms with E-state index in [9.17, 15) is 4.79 Å². The monoisotopic (exact) mass is 333 g/mol. The van der Waals surface area contributed by atoms with Crippen molar-refractivity contribution in [2.75, 3.05) is 11.9 Å². The van der Waals surface area contributed by atoms with Gasteiger partial charge in [-0.05, 0) is 48.6 Å². The topological polar surface area (TPSA) is 46.9 Å². The summed E-state index contributed by atoms with van der Waals surface area (Å²) in [6.45, 7) is 6.85. The third kappa shape index (κ3) is 3.97. The number of anilines is 1. The minimum atomic E-state index is -0.132. The highest BCUT2D eigenvalue weighted by Crippen LogP contribution is 2.15. The van der Waals surface area contributed by atoms with Gasteiger partial charge in [-0.2, -0.15) is 0 Å². The number of benzene rings is 2. The van der Waals surface area contributed by atoms with Crippen molar-refractivity contribution in [3.05, 3.63) is 88.0 Å². The number of aromatic nitrogens is 2. The quantitative estimate of drug-likeness (QED) is 0.766. The van der Waals surface area contributed by atoms with Gasteiger partial charge in [0.05, 0.1) is 0 Å². The van der Waals surface area contributed by atoms with E-state index in [0.717, 1.165) is 16.8 Å². The van der Waals surface area contributed by atoms with Crippen LogP contribution < -0.4 is 10.9 Å². The van der Waals surface area contributed by atoms with Crippen molar-refractivity contribution in [3.8, 4) is 5.69 Å². The maximum Gasteiger partial charge on any atom is 0.297 e. The maximum atomic E-state index is 12.8. The van der Waals surface area contributed by atoms with Crippen LogP contribution in [0, 0.1) is 13.8 Å². The summed E-state index contributed by atoms with van der Waals surface area (Å²) < 4.78 is 1.64. The number of hydrogen-bond donors (Lipinski definition) is 1.